The van der Waals surface area contributed by atoms with Gasteiger partial charge >= 0.3 is 0 Å². The quantitative estimate of drug-likeness (QED) is 0.860. The molecule has 0 aliphatic heterocycles. The lowest BCUT2D eigenvalue weighted by molar-refractivity contribution is 0.122. The van der Waals surface area contributed by atoms with E-state index < -0.39 is 0 Å². The second-order valence-electron chi connectivity index (χ2n) is 4.55. The lowest BCUT2D eigenvalue weighted by Crippen LogP contribution is -2.26. The number of hydrogen-bond acceptors (Lipinski definition) is 3. The molecular formula is C14H14N2OS. The molecule has 1 heterocycles. The molecule has 0 bridgehead atoms. The van der Waals surface area contributed by atoms with Crippen LogP contribution in [-0.4, -0.2) is 16.1 Å². The fraction of sp³-hybridized carbons (Fsp3) is 0.286. The number of para-hydroxylation sites is 1. The van der Waals surface area contributed by atoms with Crippen molar-refractivity contribution in [2.24, 2.45) is 5.73 Å². The summed E-state index contributed by atoms with van der Waals surface area (Å²) in [5.41, 5.74) is 7.39. The van der Waals surface area contributed by atoms with E-state index in [1.54, 1.807) is 6.20 Å². The molecule has 0 saturated heterocycles. The fourth-order valence-corrected chi connectivity index (χ4v) is 2.22. The summed E-state index contributed by atoms with van der Waals surface area (Å²) < 4.78 is 6.05. The molecule has 18 heavy (non-hydrogen) atoms. The summed E-state index contributed by atoms with van der Waals surface area (Å²) >= 11 is 5.08. The zero-order valence-corrected chi connectivity index (χ0v) is 10.7. The molecule has 0 unspecified atom stereocenters. The maximum atomic E-state index is 6.05. The Bertz CT molecular complexity index is 608. The second-order valence-corrected chi connectivity index (χ2v) is 4.99. The van der Waals surface area contributed by atoms with Gasteiger partial charge in [0.2, 0.25) is 0 Å². The minimum Gasteiger partial charge on any atom is -0.489 e. The Morgan fingerprint density at radius 3 is 2.78 bits per heavy atom. The van der Waals surface area contributed by atoms with Crippen LogP contribution in [0.2, 0.25) is 0 Å². The molecule has 1 saturated carbocycles. The number of benzene rings is 1. The van der Waals surface area contributed by atoms with E-state index in [1.807, 2.05) is 24.3 Å². The molecule has 4 heteroatoms. The minimum atomic E-state index is 0.295. The Balaban J connectivity index is 2.14. The lowest BCUT2D eigenvalue weighted by Gasteiger charge is -2.28. The first-order chi connectivity index (χ1) is 8.75. The van der Waals surface area contributed by atoms with Gasteiger partial charge in [0.1, 0.15) is 10.7 Å². The summed E-state index contributed by atoms with van der Waals surface area (Å²) in [6.45, 7) is 0. The zero-order valence-electron chi connectivity index (χ0n) is 9.93. The predicted octanol–water partition coefficient (Wildman–Crippen LogP) is 2.80. The predicted molar refractivity (Wildman–Crippen MR) is 75.9 cm³/mol. The van der Waals surface area contributed by atoms with Gasteiger partial charge in [-0.15, -0.1) is 0 Å². The molecule has 92 valence electrons. The Kier molecular flexibility index (Phi) is 2.88. The summed E-state index contributed by atoms with van der Waals surface area (Å²) in [5, 5.41) is 0.981. The van der Waals surface area contributed by atoms with Crippen LogP contribution in [0.5, 0.6) is 5.75 Å². The number of aromatic nitrogens is 1. The van der Waals surface area contributed by atoms with Crippen LogP contribution in [0, 0.1) is 0 Å². The number of pyridine rings is 1. The number of ether oxygens (including phenoxy) is 1. The number of rotatable bonds is 3. The highest BCUT2D eigenvalue weighted by Gasteiger charge is 2.22. The third-order valence-corrected chi connectivity index (χ3v) is 3.55. The van der Waals surface area contributed by atoms with Crippen molar-refractivity contribution >= 4 is 28.1 Å². The highest BCUT2D eigenvalue weighted by atomic mass is 32.1. The Morgan fingerprint density at radius 1 is 1.33 bits per heavy atom. The molecule has 0 spiro atoms. The van der Waals surface area contributed by atoms with Crippen molar-refractivity contribution in [1.82, 2.24) is 4.98 Å². The molecule has 1 aromatic heterocycles. The van der Waals surface area contributed by atoms with Crippen molar-refractivity contribution < 1.29 is 4.74 Å². The van der Waals surface area contributed by atoms with Crippen molar-refractivity contribution in [3.63, 3.8) is 0 Å². The van der Waals surface area contributed by atoms with Gasteiger partial charge in [0.05, 0.1) is 17.2 Å². The van der Waals surface area contributed by atoms with Crippen molar-refractivity contribution in [3.8, 4) is 5.75 Å². The average Bonchev–Trinajstić information content (AvgIpc) is 2.33. The first kappa shape index (κ1) is 11.4. The maximum Gasteiger partial charge on any atom is 0.140 e. The molecule has 3 rings (SSSR count). The van der Waals surface area contributed by atoms with Gasteiger partial charge in [0.15, 0.2) is 0 Å². The molecule has 0 amide bonds. The monoisotopic (exact) mass is 258 g/mol. The molecule has 2 aromatic rings. The van der Waals surface area contributed by atoms with E-state index >= 15 is 0 Å². The van der Waals surface area contributed by atoms with Gasteiger partial charge in [-0.05, 0) is 31.4 Å². The summed E-state index contributed by atoms with van der Waals surface area (Å²) in [5.74, 6) is 0.790. The zero-order chi connectivity index (χ0) is 12.5. The summed E-state index contributed by atoms with van der Waals surface area (Å²) in [7, 11) is 0. The highest BCUT2D eigenvalue weighted by molar-refractivity contribution is 7.80. The molecule has 1 fully saturated rings. The average molecular weight is 258 g/mol. The first-order valence-corrected chi connectivity index (χ1v) is 6.51. The van der Waals surface area contributed by atoms with Gasteiger partial charge < -0.3 is 10.5 Å². The molecule has 2 N–H and O–H groups in total. The van der Waals surface area contributed by atoms with E-state index in [0.29, 0.717) is 11.1 Å². The second kappa shape index (κ2) is 4.53. The van der Waals surface area contributed by atoms with Crippen molar-refractivity contribution in [2.75, 3.05) is 0 Å². The van der Waals surface area contributed by atoms with E-state index in [4.69, 9.17) is 22.7 Å². The summed E-state index contributed by atoms with van der Waals surface area (Å²) in [6.07, 6.45) is 5.44. The van der Waals surface area contributed by atoms with E-state index in [0.717, 1.165) is 35.1 Å². The molecule has 1 aliphatic carbocycles. The van der Waals surface area contributed by atoms with Crippen LogP contribution < -0.4 is 10.5 Å². The Hall–Kier alpha value is -1.68. The summed E-state index contributed by atoms with van der Waals surface area (Å²) in [4.78, 5) is 4.70. The van der Waals surface area contributed by atoms with Crippen LogP contribution in [0.1, 0.15) is 24.8 Å². The van der Waals surface area contributed by atoms with Crippen molar-refractivity contribution in [3.05, 3.63) is 36.0 Å². The van der Waals surface area contributed by atoms with Gasteiger partial charge in [-0.2, -0.15) is 0 Å². The van der Waals surface area contributed by atoms with Gasteiger partial charge in [-0.25, -0.2) is 0 Å². The van der Waals surface area contributed by atoms with Gasteiger partial charge in [0.25, 0.3) is 0 Å². The van der Waals surface area contributed by atoms with E-state index in [2.05, 4.69) is 4.98 Å². The van der Waals surface area contributed by atoms with Crippen LogP contribution in [-0.2, 0) is 0 Å². The van der Waals surface area contributed by atoms with E-state index in [1.165, 1.54) is 6.42 Å². The number of fused-ring (bicyclic) bond motifs is 1. The van der Waals surface area contributed by atoms with Crippen molar-refractivity contribution in [2.45, 2.75) is 25.4 Å². The van der Waals surface area contributed by atoms with Crippen LogP contribution in [0.3, 0.4) is 0 Å². The van der Waals surface area contributed by atoms with Crippen LogP contribution in [0.25, 0.3) is 10.9 Å². The Morgan fingerprint density at radius 2 is 2.11 bits per heavy atom. The van der Waals surface area contributed by atoms with Gasteiger partial charge in [-0.3, -0.25) is 4.98 Å². The molecule has 0 atom stereocenters. The molecule has 0 radical (unpaired) electrons. The Labute approximate surface area is 111 Å². The standard InChI is InChI=1S/C14H14N2OS/c15-14(18)11-8-16-12-7-2-1-6-10(12)13(11)17-9-4-3-5-9/h1-2,6-9H,3-5H2,(H2,15,18). The van der Waals surface area contributed by atoms with Crippen LogP contribution in [0.4, 0.5) is 0 Å². The number of nitrogens with two attached hydrogens (primary N) is 1. The number of thiocarbonyl (C=S) groups is 1. The topological polar surface area (TPSA) is 48.1 Å². The van der Waals surface area contributed by atoms with Crippen LogP contribution in [0.15, 0.2) is 30.5 Å². The molecule has 1 aromatic carbocycles. The maximum absolute atomic E-state index is 6.05. The third-order valence-electron chi connectivity index (χ3n) is 3.33. The third kappa shape index (κ3) is 1.93. The fourth-order valence-electron chi connectivity index (χ4n) is 2.07. The smallest absolute Gasteiger partial charge is 0.140 e. The van der Waals surface area contributed by atoms with Gasteiger partial charge in [0, 0.05) is 11.6 Å². The largest absolute Gasteiger partial charge is 0.489 e. The van der Waals surface area contributed by atoms with Gasteiger partial charge in [-0.1, -0.05) is 24.4 Å². The molecule has 1 aliphatic rings. The van der Waals surface area contributed by atoms with Crippen LogP contribution >= 0.6 is 12.2 Å². The lowest BCUT2D eigenvalue weighted by atomic mass is 9.96. The molecule has 3 nitrogen and oxygen atoms in total. The van der Waals surface area contributed by atoms with Crippen molar-refractivity contribution in [1.29, 1.82) is 0 Å². The normalized spacial score (nSPS) is 15.3. The minimum absolute atomic E-state index is 0.295. The number of nitrogens with zero attached hydrogens (tertiary/aromatic N) is 1. The van der Waals surface area contributed by atoms with E-state index in [-0.39, 0.29) is 0 Å². The van der Waals surface area contributed by atoms with E-state index in [9.17, 15) is 0 Å². The highest BCUT2D eigenvalue weighted by Crippen LogP contribution is 2.33. The number of hydrogen-bond donors (Lipinski definition) is 1. The first-order valence-electron chi connectivity index (χ1n) is 6.10. The summed E-state index contributed by atoms with van der Waals surface area (Å²) in [6, 6.07) is 7.90. The SMILES string of the molecule is NC(=S)c1cnc2ccccc2c1OC1CCC1. The molecular weight excluding hydrogens is 244 g/mol.